The van der Waals surface area contributed by atoms with Crippen LogP contribution >= 0.6 is 0 Å². The van der Waals surface area contributed by atoms with Crippen LogP contribution in [0.25, 0.3) is 0 Å². The van der Waals surface area contributed by atoms with Crippen LogP contribution in [-0.2, 0) is 4.74 Å². The Morgan fingerprint density at radius 1 is 1.47 bits per heavy atom. The van der Waals surface area contributed by atoms with E-state index >= 15 is 0 Å². The van der Waals surface area contributed by atoms with Gasteiger partial charge in [-0.1, -0.05) is 13.8 Å². The zero-order valence-electron chi connectivity index (χ0n) is 13.1. The molecule has 0 aromatic carbocycles. The van der Waals surface area contributed by atoms with Crippen LogP contribution in [-0.4, -0.2) is 55.3 Å². The molecule has 3 N–H and O–H groups in total. The maximum Gasteiger partial charge on any atom is 0.189 e. The van der Waals surface area contributed by atoms with Crippen LogP contribution in [0.2, 0.25) is 0 Å². The predicted molar refractivity (Wildman–Crippen MR) is 80.4 cm³/mol. The van der Waals surface area contributed by atoms with Gasteiger partial charge in [-0.15, -0.1) is 0 Å². The fourth-order valence-electron chi connectivity index (χ4n) is 2.20. The highest BCUT2D eigenvalue weighted by Crippen LogP contribution is 2.08. The Hall–Kier alpha value is -0.810. The lowest BCUT2D eigenvalue weighted by Crippen LogP contribution is -2.47. The van der Waals surface area contributed by atoms with E-state index in [1.807, 2.05) is 0 Å². The maximum atomic E-state index is 5.86. The Balaban J connectivity index is 2.38. The summed E-state index contributed by atoms with van der Waals surface area (Å²) in [7, 11) is 0. The van der Waals surface area contributed by atoms with Crippen molar-refractivity contribution < 1.29 is 4.74 Å². The van der Waals surface area contributed by atoms with Crippen LogP contribution in [0.1, 0.15) is 34.6 Å². The highest BCUT2D eigenvalue weighted by Gasteiger charge is 2.20. The van der Waals surface area contributed by atoms with Crippen LogP contribution in [0.15, 0.2) is 4.99 Å². The van der Waals surface area contributed by atoms with Gasteiger partial charge in [0.1, 0.15) is 0 Å². The van der Waals surface area contributed by atoms with Gasteiger partial charge in [0.25, 0.3) is 0 Å². The van der Waals surface area contributed by atoms with E-state index in [1.54, 1.807) is 0 Å². The molecule has 1 heterocycles. The molecule has 5 heteroatoms. The van der Waals surface area contributed by atoms with E-state index in [1.165, 1.54) is 0 Å². The van der Waals surface area contributed by atoms with Crippen molar-refractivity contribution in [3.8, 4) is 0 Å². The van der Waals surface area contributed by atoms with Crippen molar-refractivity contribution in [2.75, 3.05) is 32.8 Å². The number of hydrogen-bond acceptors (Lipinski definition) is 3. The van der Waals surface area contributed by atoms with Crippen molar-refractivity contribution in [1.82, 2.24) is 10.2 Å². The fraction of sp³-hybridized carbons (Fsp3) is 0.929. The number of nitrogens with two attached hydrogens (primary N) is 1. The molecule has 1 atom stereocenters. The number of rotatable bonds is 4. The van der Waals surface area contributed by atoms with Crippen molar-refractivity contribution in [3.63, 3.8) is 0 Å². The maximum absolute atomic E-state index is 5.86. The first-order valence-electron chi connectivity index (χ1n) is 7.18. The lowest BCUT2D eigenvalue weighted by molar-refractivity contribution is -0.0261. The van der Waals surface area contributed by atoms with Gasteiger partial charge in [-0.3, -0.25) is 9.89 Å². The minimum absolute atomic E-state index is 0.0509. The van der Waals surface area contributed by atoms with Crippen LogP contribution in [0.3, 0.4) is 0 Å². The highest BCUT2D eigenvalue weighted by atomic mass is 16.5. The molecular weight excluding hydrogens is 240 g/mol. The molecule has 19 heavy (non-hydrogen) atoms. The fourth-order valence-corrected chi connectivity index (χ4v) is 2.20. The number of aliphatic imine (C=N–C) groups is 1. The molecule has 1 fully saturated rings. The zero-order valence-corrected chi connectivity index (χ0v) is 13.1. The summed E-state index contributed by atoms with van der Waals surface area (Å²) in [6.45, 7) is 15.2. The van der Waals surface area contributed by atoms with Crippen molar-refractivity contribution in [2.45, 2.75) is 46.3 Å². The normalized spacial score (nSPS) is 22.8. The SMILES string of the molecule is CC(C)CN1CCOC(CN=C(N)NC(C)(C)C)C1. The molecule has 0 aliphatic carbocycles. The van der Waals surface area contributed by atoms with Crippen molar-refractivity contribution in [2.24, 2.45) is 16.6 Å². The molecule has 0 spiro atoms. The molecule has 1 rings (SSSR count). The first kappa shape index (κ1) is 16.2. The second kappa shape index (κ2) is 7.10. The van der Waals surface area contributed by atoms with Crippen LogP contribution in [0.4, 0.5) is 0 Å². The second-order valence-corrected chi connectivity index (χ2v) is 6.75. The van der Waals surface area contributed by atoms with Gasteiger partial charge in [-0.05, 0) is 26.7 Å². The standard InChI is InChI=1S/C14H30N4O/c1-11(2)9-18-6-7-19-12(10-18)8-16-13(15)17-14(3,4)5/h11-12H,6-10H2,1-5H3,(H3,15,16,17). The molecule has 0 aromatic rings. The minimum atomic E-state index is -0.0509. The molecule has 1 aliphatic rings. The van der Waals surface area contributed by atoms with Gasteiger partial charge >= 0.3 is 0 Å². The predicted octanol–water partition coefficient (Wildman–Crippen LogP) is 1.05. The number of guanidine groups is 1. The van der Waals surface area contributed by atoms with E-state index in [-0.39, 0.29) is 11.6 Å². The van der Waals surface area contributed by atoms with E-state index in [9.17, 15) is 0 Å². The van der Waals surface area contributed by atoms with E-state index in [0.29, 0.717) is 18.4 Å². The van der Waals surface area contributed by atoms with Crippen LogP contribution < -0.4 is 11.1 Å². The Bertz CT molecular complexity index is 296. The first-order chi connectivity index (χ1) is 8.76. The first-order valence-corrected chi connectivity index (χ1v) is 7.18. The van der Waals surface area contributed by atoms with Gasteiger partial charge in [0.05, 0.1) is 19.3 Å². The number of nitrogens with one attached hydrogen (secondary N) is 1. The summed E-state index contributed by atoms with van der Waals surface area (Å²) in [4.78, 5) is 6.82. The molecule has 1 unspecified atom stereocenters. The zero-order chi connectivity index (χ0) is 14.5. The molecule has 0 radical (unpaired) electrons. The average Bonchev–Trinajstić information content (AvgIpc) is 2.23. The van der Waals surface area contributed by atoms with Gasteiger partial charge in [0.15, 0.2) is 5.96 Å². The second-order valence-electron chi connectivity index (χ2n) is 6.75. The lowest BCUT2D eigenvalue weighted by Gasteiger charge is -2.33. The molecule has 5 nitrogen and oxygen atoms in total. The summed E-state index contributed by atoms with van der Waals surface area (Å²) < 4.78 is 5.74. The van der Waals surface area contributed by atoms with E-state index < -0.39 is 0 Å². The topological polar surface area (TPSA) is 62.9 Å². The third-order valence-corrected chi connectivity index (χ3v) is 2.81. The van der Waals surface area contributed by atoms with Crippen molar-refractivity contribution in [1.29, 1.82) is 0 Å². The van der Waals surface area contributed by atoms with Crippen LogP contribution in [0, 0.1) is 5.92 Å². The summed E-state index contributed by atoms with van der Waals surface area (Å²) in [5.41, 5.74) is 5.81. The molecule has 0 saturated carbocycles. The number of nitrogens with zero attached hydrogens (tertiary/aromatic N) is 2. The van der Waals surface area contributed by atoms with E-state index in [0.717, 1.165) is 26.2 Å². The molecule has 1 aliphatic heterocycles. The molecule has 0 amide bonds. The molecule has 1 saturated heterocycles. The lowest BCUT2D eigenvalue weighted by atomic mass is 10.1. The largest absolute Gasteiger partial charge is 0.374 e. The average molecular weight is 270 g/mol. The summed E-state index contributed by atoms with van der Waals surface area (Å²) in [6.07, 6.45) is 0.160. The van der Waals surface area contributed by atoms with Crippen molar-refractivity contribution >= 4 is 5.96 Å². The monoisotopic (exact) mass is 270 g/mol. The number of hydrogen-bond donors (Lipinski definition) is 2. The van der Waals surface area contributed by atoms with Gasteiger partial charge in [-0.25, -0.2) is 0 Å². The summed E-state index contributed by atoms with van der Waals surface area (Å²) in [6, 6.07) is 0. The smallest absolute Gasteiger partial charge is 0.189 e. The third-order valence-electron chi connectivity index (χ3n) is 2.81. The Morgan fingerprint density at radius 2 is 2.16 bits per heavy atom. The molecule has 0 aromatic heterocycles. The minimum Gasteiger partial charge on any atom is -0.374 e. The molecular formula is C14H30N4O. The summed E-state index contributed by atoms with van der Waals surface area (Å²) in [5, 5.41) is 3.16. The highest BCUT2D eigenvalue weighted by molar-refractivity contribution is 5.78. The van der Waals surface area contributed by atoms with E-state index in [2.05, 4.69) is 49.8 Å². The Kier molecular flexibility index (Phi) is 6.07. The Labute approximate surface area is 117 Å². The van der Waals surface area contributed by atoms with Crippen LogP contribution in [0.5, 0.6) is 0 Å². The van der Waals surface area contributed by atoms with E-state index in [4.69, 9.17) is 10.5 Å². The molecule has 0 bridgehead atoms. The molecule has 112 valence electrons. The van der Waals surface area contributed by atoms with Gasteiger partial charge in [-0.2, -0.15) is 0 Å². The van der Waals surface area contributed by atoms with Crippen molar-refractivity contribution in [3.05, 3.63) is 0 Å². The van der Waals surface area contributed by atoms with Gasteiger partial charge in [0, 0.05) is 25.2 Å². The van der Waals surface area contributed by atoms with Gasteiger partial charge < -0.3 is 15.8 Å². The summed E-state index contributed by atoms with van der Waals surface area (Å²) in [5.74, 6) is 1.19. The number of morpholine rings is 1. The summed E-state index contributed by atoms with van der Waals surface area (Å²) >= 11 is 0. The van der Waals surface area contributed by atoms with Gasteiger partial charge in [0.2, 0.25) is 0 Å². The quantitative estimate of drug-likeness (QED) is 0.592. The third kappa shape index (κ3) is 7.38. The number of ether oxygens (including phenoxy) is 1. The Morgan fingerprint density at radius 3 is 2.74 bits per heavy atom.